The van der Waals surface area contributed by atoms with Crippen LogP contribution in [0.2, 0.25) is 0 Å². The number of anilines is 1. The molecular weight excluding hydrogens is 454 g/mol. The predicted molar refractivity (Wildman–Crippen MR) is 139 cm³/mol. The zero-order valence-corrected chi connectivity index (χ0v) is 20.8. The number of nitrogens with zero attached hydrogens (tertiary/aromatic N) is 1. The summed E-state index contributed by atoms with van der Waals surface area (Å²) in [4.78, 5) is 28.2. The summed E-state index contributed by atoms with van der Waals surface area (Å²) in [7, 11) is 0. The molecule has 0 aliphatic carbocycles. The third kappa shape index (κ3) is 5.43. The van der Waals surface area contributed by atoms with E-state index in [2.05, 4.69) is 0 Å². The number of benzene rings is 3. The highest BCUT2D eigenvalue weighted by molar-refractivity contribution is 6.16. The van der Waals surface area contributed by atoms with E-state index in [4.69, 9.17) is 9.47 Å². The molecule has 0 saturated carbocycles. The number of hydrogen-bond acceptors (Lipinski definition) is 5. The first-order chi connectivity index (χ1) is 17.4. The first-order valence-electron chi connectivity index (χ1n) is 12.2. The SMILES string of the molecule is CCOc1ccc(N2C(=O)C(O)=C(C(=O)CCc3ccccc3)C2c2ccc(OC(C)C)cc2)cc1. The van der Waals surface area contributed by atoms with Gasteiger partial charge in [-0.3, -0.25) is 14.5 Å². The Bertz CT molecular complexity index is 1230. The quantitative estimate of drug-likeness (QED) is 0.383. The molecule has 3 aromatic carbocycles. The van der Waals surface area contributed by atoms with E-state index < -0.39 is 17.7 Å². The molecule has 36 heavy (non-hydrogen) atoms. The zero-order chi connectivity index (χ0) is 25.7. The number of Topliss-reactive ketones (excluding diaryl/α,β-unsaturated/α-hetero) is 1. The number of aliphatic hydroxyl groups excluding tert-OH is 1. The molecule has 1 atom stereocenters. The molecule has 1 aliphatic heterocycles. The number of carbonyl (C=O) groups is 2. The highest BCUT2D eigenvalue weighted by Gasteiger charge is 2.44. The van der Waals surface area contributed by atoms with Crippen LogP contribution in [0.4, 0.5) is 5.69 Å². The van der Waals surface area contributed by atoms with Crippen molar-refractivity contribution >= 4 is 17.4 Å². The molecule has 1 aliphatic rings. The number of rotatable bonds is 10. The lowest BCUT2D eigenvalue weighted by Crippen LogP contribution is -2.31. The summed E-state index contributed by atoms with van der Waals surface area (Å²) in [5.74, 6) is 0.00153. The summed E-state index contributed by atoms with van der Waals surface area (Å²) in [6.07, 6.45) is 0.712. The van der Waals surface area contributed by atoms with E-state index in [0.29, 0.717) is 35.8 Å². The van der Waals surface area contributed by atoms with E-state index in [9.17, 15) is 14.7 Å². The Morgan fingerprint density at radius 2 is 1.58 bits per heavy atom. The van der Waals surface area contributed by atoms with Crippen LogP contribution in [0.15, 0.2) is 90.2 Å². The van der Waals surface area contributed by atoms with Crippen molar-refractivity contribution in [3.8, 4) is 11.5 Å². The number of ketones is 1. The van der Waals surface area contributed by atoms with Gasteiger partial charge in [-0.2, -0.15) is 0 Å². The molecule has 1 amide bonds. The lowest BCUT2D eigenvalue weighted by molar-refractivity contribution is -0.118. The van der Waals surface area contributed by atoms with Crippen LogP contribution in [0.25, 0.3) is 0 Å². The zero-order valence-electron chi connectivity index (χ0n) is 20.8. The van der Waals surface area contributed by atoms with Gasteiger partial charge in [0.05, 0.1) is 24.3 Å². The molecule has 0 bridgehead atoms. The molecule has 3 aromatic rings. The van der Waals surface area contributed by atoms with E-state index in [1.807, 2.05) is 75.4 Å². The lowest BCUT2D eigenvalue weighted by Gasteiger charge is -2.27. The van der Waals surface area contributed by atoms with Crippen LogP contribution < -0.4 is 14.4 Å². The Morgan fingerprint density at radius 1 is 0.944 bits per heavy atom. The monoisotopic (exact) mass is 485 g/mol. The van der Waals surface area contributed by atoms with E-state index in [0.717, 1.165) is 5.56 Å². The summed E-state index contributed by atoms with van der Waals surface area (Å²) in [5.41, 5.74) is 2.40. The van der Waals surface area contributed by atoms with Crippen LogP contribution in [-0.2, 0) is 16.0 Å². The van der Waals surface area contributed by atoms with Crippen LogP contribution >= 0.6 is 0 Å². The van der Waals surface area contributed by atoms with Crippen LogP contribution in [0.5, 0.6) is 11.5 Å². The van der Waals surface area contributed by atoms with E-state index in [1.165, 1.54) is 4.90 Å². The van der Waals surface area contributed by atoms with Crippen molar-refractivity contribution in [1.29, 1.82) is 0 Å². The summed E-state index contributed by atoms with van der Waals surface area (Å²) < 4.78 is 11.3. The standard InChI is InChI=1S/C30H31NO5/c1-4-35-24-17-13-23(14-18-24)31-28(22-11-15-25(16-12-22)36-20(2)3)27(29(33)30(31)34)26(32)19-10-21-8-6-5-7-9-21/h5-9,11-18,20,28,33H,4,10,19H2,1-3H3. The maximum Gasteiger partial charge on any atom is 0.294 e. The maximum absolute atomic E-state index is 13.4. The minimum Gasteiger partial charge on any atom is -0.503 e. The first kappa shape index (κ1) is 25.0. The summed E-state index contributed by atoms with van der Waals surface area (Å²) in [5, 5.41) is 10.9. The second-order valence-electron chi connectivity index (χ2n) is 8.91. The molecule has 0 fully saturated rings. The number of ether oxygens (including phenoxy) is 2. The Labute approximate surface area is 211 Å². The second kappa shape index (κ2) is 11.1. The molecule has 186 valence electrons. The van der Waals surface area contributed by atoms with Gasteiger partial charge >= 0.3 is 0 Å². The van der Waals surface area contributed by atoms with Gasteiger partial charge in [0.25, 0.3) is 5.91 Å². The normalized spacial score (nSPS) is 15.5. The van der Waals surface area contributed by atoms with Gasteiger partial charge in [-0.25, -0.2) is 0 Å². The molecule has 0 radical (unpaired) electrons. The summed E-state index contributed by atoms with van der Waals surface area (Å²) in [6, 6.07) is 23.3. The fourth-order valence-corrected chi connectivity index (χ4v) is 4.38. The van der Waals surface area contributed by atoms with Gasteiger partial charge in [0, 0.05) is 12.1 Å². The molecule has 1 N–H and O–H groups in total. The Kier molecular flexibility index (Phi) is 7.74. The van der Waals surface area contributed by atoms with Gasteiger partial charge in [0.2, 0.25) is 0 Å². The Hall–Kier alpha value is -4.06. The van der Waals surface area contributed by atoms with Gasteiger partial charge in [-0.05, 0) is 74.7 Å². The van der Waals surface area contributed by atoms with Crippen LogP contribution in [0.3, 0.4) is 0 Å². The molecule has 4 rings (SSSR count). The predicted octanol–water partition coefficient (Wildman–Crippen LogP) is 5.97. The number of hydrogen-bond donors (Lipinski definition) is 1. The molecule has 6 nitrogen and oxygen atoms in total. The third-order valence-electron chi connectivity index (χ3n) is 5.99. The largest absolute Gasteiger partial charge is 0.503 e. The fraction of sp³-hybridized carbons (Fsp3) is 0.267. The molecule has 1 heterocycles. The highest BCUT2D eigenvalue weighted by Crippen LogP contribution is 2.42. The van der Waals surface area contributed by atoms with Crippen molar-refractivity contribution in [2.45, 2.75) is 45.8 Å². The van der Waals surface area contributed by atoms with Crippen molar-refractivity contribution in [2.24, 2.45) is 0 Å². The van der Waals surface area contributed by atoms with Crippen molar-refractivity contribution in [2.75, 3.05) is 11.5 Å². The molecule has 1 unspecified atom stereocenters. The fourth-order valence-electron chi connectivity index (χ4n) is 4.38. The molecule has 6 heteroatoms. The van der Waals surface area contributed by atoms with Crippen LogP contribution in [0, 0.1) is 0 Å². The molecule has 0 saturated heterocycles. The number of aliphatic hydroxyl groups is 1. The highest BCUT2D eigenvalue weighted by atomic mass is 16.5. The number of amides is 1. The summed E-state index contributed by atoms with van der Waals surface area (Å²) in [6.45, 7) is 6.32. The average Bonchev–Trinajstić information content (AvgIpc) is 3.14. The average molecular weight is 486 g/mol. The minimum absolute atomic E-state index is 0.0170. The van der Waals surface area contributed by atoms with E-state index >= 15 is 0 Å². The van der Waals surface area contributed by atoms with Gasteiger partial charge < -0.3 is 14.6 Å². The van der Waals surface area contributed by atoms with Crippen molar-refractivity contribution in [3.05, 3.63) is 101 Å². The summed E-state index contributed by atoms with van der Waals surface area (Å²) >= 11 is 0. The smallest absolute Gasteiger partial charge is 0.294 e. The molecule has 0 aromatic heterocycles. The third-order valence-corrected chi connectivity index (χ3v) is 5.99. The maximum atomic E-state index is 13.4. The van der Waals surface area contributed by atoms with Crippen molar-refractivity contribution < 1.29 is 24.2 Å². The minimum atomic E-state index is -0.758. The van der Waals surface area contributed by atoms with Gasteiger partial charge in [-0.1, -0.05) is 42.5 Å². The van der Waals surface area contributed by atoms with Crippen LogP contribution in [-0.4, -0.2) is 29.5 Å². The second-order valence-corrected chi connectivity index (χ2v) is 8.91. The van der Waals surface area contributed by atoms with E-state index in [1.54, 1.807) is 24.3 Å². The molecule has 0 spiro atoms. The van der Waals surface area contributed by atoms with Gasteiger partial charge in [0.15, 0.2) is 11.5 Å². The molecular formula is C30H31NO5. The van der Waals surface area contributed by atoms with Crippen LogP contribution in [0.1, 0.15) is 44.4 Å². The van der Waals surface area contributed by atoms with Crippen molar-refractivity contribution in [1.82, 2.24) is 0 Å². The number of carbonyl (C=O) groups excluding carboxylic acids is 2. The van der Waals surface area contributed by atoms with Gasteiger partial charge in [-0.15, -0.1) is 0 Å². The van der Waals surface area contributed by atoms with Crippen molar-refractivity contribution in [3.63, 3.8) is 0 Å². The van der Waals surface area contributed by atoms with E-state index in [-0.39, 0.29) is 23.9 Å². The number of aryl methyl sites for hydroxylation is 1. The van der Waals surface area contributed by atoms with Gasteiger partial charge in [0.1, 0.15) is 11.5 Å². The topological polar surface area (TPSA) is 76.1 Å². The Balaban J connectivity index is 1.69. The Morgan fingerprint density at radius 3 is 2.19 bits per heavy atom. The first-order valence-corrected chi connectivity index (χ1v) is 12.2. The lowest BCUT2D eigenvalue weighted by atomic mass is 9.93.